The van der Waals surface area contributed by atoms with Gasteiger partial charge in [0.25, 0.3) is 0 Å². The average Bonchev–Trinajstić information content (AvgIpc) is 3.68. The van der Waals surface area contributed by atoms with Gasteiger partial charge >= 0.3 is 0 Å². The molecule has 57 heavy (non-hydrogen) atoms. The third kappa shape index (κ3) is 6.00. The van der Waals surface area contributed by atoms with Crippen LogP contribution in [0.4, 0.5) is 0 Å². The van der Waals surface area contributed by atoms with E-state index in [1.165, 1.54) is 26.2 Å². The van der Waals surface area contributed by atoms with Gasteiger partial charge in [0.05, 0.1) is 15.9 Å². The lowest BCUT2D eigenvalue weighted by Crippen LogP contribution is -2.01. The van der Waals surface area contributed by atoms with E-state index in [4.69, 9.17) is 24.9 Å². The molecule has 0 N–H and O–H groups in total. The number of rotatable bonds is 6. The number of hydrogen-bond donors (Lipinski definition) is 0. The summed E-state index contributed by atoms with van der Waals surface area (Å²) in [7, 11) is 0. The summed E-state index contributed by atoms with van der Waals surface area (Å²) in [5.41, 5.74) is 8.56. The highest BCUT2D eigenvalue weighted by molar-refractivity contribution is 7.26. The van der Waals surface area contributed by atoms with Gasteiger partial charge in [-0.15, -0.1) is 11.3 Å². The number of fused-ring (bicyclic) bond motifs is 6. The fraction of sp³-hybridized carbons (Fsp3) is 0. The van der Waals surface area contributed by atoms with Gasteiger partial charge in [-0.1, -0.05) is 158 Å². The topological polar surface area (TPSA) is 64.5 Å². The molecule has 0 aliphatic heterocycles. The van der Waals surface area contributed by atoms with Gasteiger partial charge in [-0.05, 0) is 63.0 Å². The first-order valence-electron chi connectivity index (χ1n) is 18.9. The number of thiophene rings is 1. The summed E-state index contributed by atoms with van der Waals surface area (Å²) in [4.78, 5) is 26.0. The first-order chi connectivity index (χ1) is 28.2. The zero-order valence-electron chi connectivity index (χ0n) is 30.5. The minimum absolute atomic E-state index is 0.572. The van der Waals surface area contributed by atoms with Crippen LogP contribution >= 0.6 is 11.3 Å². The fourth-order valence-corrected chi connectivity index (χ4v) is 8.85. The highest BCUT2D eigenvalue weighted by Crippen LogP contribution is 2.41. The Morgan fingerprint density at radius 3 is 1.49 bits per heavy atom. The number of aromatic nitrogens is 5. The minimum atomic E-state index is 0.572. The maximum Gasteiger partial charge on any atom is 0.164 e. The van der Waals surface area contributed by atoms with Crippen LogP contribution in [0, 0.1) is 0 Å². The Hall–Kier alpha value is -7.41. The molecule has 266 valence electrons. The summed E-state index contributed by atoms with van der Waals surface area (Å²) in [6.45, 7) is 0. The molecule has 0 aliphatic carbocycles. The van der Waals surface area contributed by atoms with Gasteiger partial charge in [0, 0.05) is 37.9 Å². The molecular weight excluding hydrogens is 715 g/mol. The van der Waals surface area contributed by atoms with E-state index in [0.29, 0.717) is 23.3 Å². The molecule has 0 atom stereocenters. The molecule has 0 bridgehead atoms. The van der Waals surface area contributed by atoms with Crippen LogP contribution in [0.25, 0.3) is 110 Å². The van der Waals surface area contributed by atoms with Crippen LogP contribution in [0.5, 0.6) is 0 Å². The predicted octanol–water partition coefficient (Wildman–Crippen LogP) is 13.3. The maximum atomic E-state index is 5.37. The van der Waals surface area contributed by atoms with Crippen molar-refractivity contribution in [3.05, 3.63) is 188 Å². The van der Waals surface area contributed by atoms with Gasteiger partial charge in [0.15, 0.2) is 23.3 Å². The van der Waals surface area contributed by atoms with Crippen molar-refractivity contribution in [2.45, 2.75) is 0 Å². The van der Waals surface area contributed by atoms with E-state index in [1.54, 1.807) is 11.3 Å². The molecule has 11 rings (SSSR count). The Labute approximate surface area is 332 Å². The van der Waals surface area contributed by atoms with Crippen LogP contribution in [0.3, 0.4) is 0 Å². The van der Waals surface area contributed by atoms with Crippen molar-refractivity contribution >= 4 is 53.2 Å². The van der Waals surface area contributed by atoms with Crippen molar-refractivity contribution in [2.24, 2.45) is 0 Å². The van der Waals surface area contributed by atoms with Crippen molar-refractivity contribution in [3.8, 4) is 67.9 Å². The Morgan fingerprint density at radius 2 is 0.807 bits per heavy atom. The molecule has 0 spiro atoms. The van der Waals surface area contributed by atoms with Crippen molar-refractivity contribution in [3.63, 3.8) is 0 Å². The molecule has 3 aromatic heterocycles. The lowest BCUT2D eigenvalue weighted by atomic mass is 9.95. The Balaban J connectivity index is 1.18. The van der Waals surface area contributed by atoms with E-state index < -0.39 is 0 Å². The lowest BCUT2D eigenvalue weighted by Gasteiger charge is -2.13. The van der Waals surface area contributed by atoms with Gasteiger partial charge in [-0.2, -0.15) is 0 Å². The number of benzene rings is 8. The third-order valence-electron chi connectivity index (χ3n) is 10.5. The molecule has 0 fully saturated rings. The van der Waals surface area contributed by atoms with E-state index in [-0.39, 0.29) is 0 Å². The molecule has 8 aromatic carbocycles. The molecular formula is C51H31N5S. The molecule has 0 unspecified atom stereocenters. The highest BCUT2D eigenvalue weighted by Gasteiger charge is 2.20. The van der Waals surface area contributed by atoms with E-state index >= 15 is 0 Å². The van der Waals surface area contributed by atoms with Crippen molar-refractivity contribution in [1.82, 2.24) is 24.9 Å². The first-order valence-corrected chi connectivity index (χ1v) is 19.7. The molecule has 0 amide bonds. The third-order valence-corrected chi connectivity index (χ3v) is 11.7. The summed E-state index contributed by atoms with van der Waals surface area (Å²) >= 11 is 1.74. The van der Waals surface area contributed by atoms with Crippen molar-refractivity contribution in [2.75, 3.05) is 0 Å². The van der Waals surface area contributed by atoms with Gasteiger partial charge in [0.2, 0.25) is 0 Å². The lowest BCUT2D eigenvalue weighted by molar-refractivity contribution is 1.07. The Kier molecular flexibility index (Phi) is 7.93. The summed E-state index contributed by atoms with van der Waals surface area (Å²) in [6, 6.07) is 65.2. The quantitative estimate of drug-likeness (QED) is 0.159. The zero-order valence-corrected chi connectivity index (χ0v) is 31.4. The first kappa shape index (κ1) is 33.0. The largest absolute Gasteiger partial charge is 0.226 e. The Bertz CT molecular complexity index is 3230. The molecule has 0 saturated heterocycles. The molecule has 5 nitrogen and oxygen atoms in total. The minimum Gasteiger partial charge on any atom is -0.226 e. The van der Waals surface area contributed by atoms with Crippen molar-refractivity contribution in [1.29, 1.82) is 0 Å². The van der Waals surface area contributed by atoms with Gasteiger partial charge in [0.1, 0.15) is 0 Å². The highest BCUT2D eigenvalue weighted by atomic mass is 32.1. The molecule has 0 saturated carbocycles. The van der Waals surface area contributed by atoms with Gasteiger partial charge < -0.3 is 0 Å². The molecule has 6 heteroatoms. The molecule has 0 radical (unpaired) electrons. The SMILES string of the molecule is c1ccc(-c2nc(-c3ccccc3)nc(-c3cc(-c4ccc5c(ccc6ccccc65)c4)cc(-c4nc(-c5ccccc5)c5sc6ccccc6c5n4)c3)n2)cc1. The monoisotopic (exact) mass is 745 g/mol. The van der Waals surface area contributed by atoms with Gasteiger partial charge in [-0.25, -0.2) is 24.9 Å². The zero-order chi connectivity index (χ0) is 37.7. The normalized spacial score (nSPS) is 11.5. The summed E-state index contributed by atoms with van der Waals surface area (Å²) in [5, 5.41) is 5.97. The molecule has 0 aliphatic rings. The standard InChI is InChI=1S/C51H31N5S/c1-4-15-33(16-5-1)45-47-46(43-22-12-13-23-44(43)57-47)53-50(52-45)39-29-38(36-26-27-42-37(28-36)25-24-32-14-10-11-21-41(32)42)30-40(31-39)51-55-48(34-17-6-2-7-18-34)54-49(56-51)35-19-8-3-9-20-35/h1-31H. The second kappa shape index (κ2) is 13.7. The Morgan fingerprint density at radius 1 is 0.298 bits per heavy atom. The van der Waals surface area contributed by atoms with Crippen molar-refractivity contribution < 1.29 is 0 Å². The summed E-state index contributed by atoms with van der Waals surface area (Å²) in [5.74, 6) is 2.43. The van der Waals surface area contributed by atoms with Gasteiger partial charge in [-0.3, -0.25) is 0 Å². The van der Waals surface area contributed by atoms with Crippen LogP contribution in [-0.4, -0.2) is 24.9 Å². The van der Waals surface area contributed by atoms with Crippen LogP contribution in [0.2, 0.25) is 0 Å². The van der Waals surface area contributed by atoms with Crippen LogP contribution in [0.1, 0.15) is 0 Å². The fourth-order valence-electron chi connectivity index (χ4n) is 7.69. The molecule has 11 aromatic rings. The second-order valence-corrected chi connectivity index (χ2v) is 15.1. The number of nitrogens with zero attached hydrogens (tertiary/aromatic N) is 5. The predicted molar refractivity (Wildman–Crippen MR) is 236 cm³/mol. The maximum absolute atomic E-state index is 5.37. The number of hydrogen-bond acceptors (Lipinski definition) is 6. The van der Waals surface area contributed by atoms with Crippen LogP contribution in [-0.2, 0) is 0 Å². The summed E-state index contributed by atoms with van der Waals surface area (Å²) in [6.07, 6.45) is 0. The van der Waals surface area contributed by atoms with E-state index in [1.807, 2.05) is 66.7 Å². The van der Waals surface area contributed by atoms with Crippen LogP contribution in [0.15, 0.2) is 188 Å². The second-order valence-electron chi connectivity index (χ2n) is 14.1. The van der Waals surface area contributed by atoms with E-state index in [0.717, 1.165) is 60.2 Å². The van der Waals surface area contributed by atoms with E-state index in [2.05, 4.69) is 121 Å². The smallest absolute Gasteiger partial charge is 0.164 e. The summed E-state index contributed by atoms with van der Waals surface area (Å²) < 4.78 is 2.25. The average molecular weight is 746 g/mol. The van der Waals surface area contributed by atoms with Crippen LogP contribution < -0.4 is 0 Å². The molecule has 3 heterocycles. The van der Waals surface area contributed by atoms with E-state index in [9.17, 15) is 0 Å².